The number of morpholine rings is 1. The van der Waals surface area contributed by atoms with Crippen LogP contribution in [0.2, 0.25) is 0 Å². The monoisotopic (exact) mass is 353 g/mol. The molecule has 3 rings (SSSR count). The van der Waals surface area contributed by atoms with Crippen molar-refractivity contribution in [3.05, 3.63) is 53.7 Å². The third kappa shape index (κ3) is 4.74. The lowest BCUT2D eigenvalue weighted by molar-refractivity contribution is 0.0383. The summed E-state index contributed by atoms with van der Waals surface area (Å²) < 4.78 is 5.31. The summed E-state index contributed by atoms with van der Waals surface area (Å²) in [5.41, 5.74) is 2.50. The van der Waals surface area contributed by atoms with Crippen LogP contribution in [0.5, 0.6) is 0 Å². The average molecular weight is 353 g/mol. The number of carbonyl (C=O) groups excluding carboxylic acids is 2. The Labute approximate surface area is 153 Å². The third-order valence-electron chi connectivity index (χ3n) is 4.36. The van der Waals surface area contributed by atoms with Gasteiger partial charge in [0, 0.05) is 37.3 Å². The first-order valence-electron chi connectivity index (χ1n) is 8.80. The van der Waals surface area contributed by atoms with Crippen LogP contribution in [0.15, 0.2) is 42.5 Å². The number of nitrogens with one attached hydrogen (secondary N) is 1. The molecule has 0 unspecified atom stereocenters. The summed E-state index contributed by atoms with van der Waals surface area (Å²) in [5, 5.41) is 2.92. The smallest absolute Gasteiger partial charge is 0.269 e. The minimum atomic E-state index is -0.192. The first-order valence-corrected chi connectivity index (χ1v) is 8.80. The Morgan fingerprint density at radius 2 is 1.92 bits per heavy atom. The molecule has 0 saturated carbocycles. The SMILES string of the molecule is CC(=O)c1cccc(-c2cccc(C(=O)NCCN3CCOCC3)n2)c1. The van der Waals surface area contributed by atoms with Crippen LogP contribution in [0.4, 0.5) is 0 Å². The summed E-state index contributed by atoms with van der Waals surface area (Å²) >= 11 is 0. The van der Waals surface area contributed by atoms with Crippen molar-refractivity contribution in [3.8, 4) is 11.3 Å². The first kappa shape index (κ1) is 18.2. The van der Waals surface area contributed by atoms with Crippen LogP contribution in [0, 0.1) is 0 Å². The molecule has 1 aliphatic rings. The number of hydrogen-bond donors (Lipinski definition) is 1. The van der Waals surface area contributed by atoms with Crippen molar-refractivity contribution in [2.45, 2.75) is 6.92 Å². The fraction of sp³-hybridized carbons (Fsp3) is 0.350. The maximum atomic E-state index is 12.4. The van der Waals surface area contributed by atoms with Crippen molar-refractivity contribution >= 4 is 11.7 Å². The second-order valence-corrected chi connectivity index (χ2v) is 6.25. The largest absolute Gasteiger partial charge is 0.379 e. The Bertz CT molecular complexity index is 785. The highest BCUT2D eigenvalue weighted by Gasteiger charge is 2.12. The van der Waals surface area contributed by atoms with Crippen LogP contribution in [0.1, 0.15) is 27.8 Å². The standard InChI is InChI=1S/C20H23N3O3/c1-15(24)16-4-2-5-17(14-16)18-6-3-7-19(22-18)20(25)21-8-9-23-10-12-26-13-11-23/h2-7,14H,8-13H2,1H3,(H,21,25). The van der Waals surface area contributed by atoms with E-state index >= 15 is 0 Å². The van der Waals surface area contributed by atoms with Crippen LogP contribution >= 0.6 is 0 Å². The summed E-state index contributed by atoms with van der Waals surface area (Å²) in [5.74, 6) is -0.188. The summed E-state index contributed by atoms with van der Waals surface area (Å²) in [6, 6.07) is 12.6. The van der Waals surface area contributed by atoms with Gasteiger partial charge < -0.3 is 10.1 Å². The number of carbonyl (C=O) groups is 2. The van der Waals surface area contributed by atoms with Crippen molar-refractivity contribution in [1.29, 1.82) is 0 Å². The van der Waals surface area contributed by atoms with Crippen molar-refractivity contribution in [2.75, 3.05) is 39.4 Å². The van der Waals surface area contributed by atoms with Gasteiger partial charge in [-0.2, -0.15) is 0 Å². The van der Waals surface area contributed by atoms with E-state index in [-0.39, 0.29) is 11.7 Å². The lowest BCUT2D eigenvalue weighted by Gasteiger charge is -2.26. The van der Waals surface area contributed by atoms with Crippen LogP contribution in [0.3, 0.4) is 0 Å². The van der Waals surface area contributed by atoms with Gasteiger partial charge in [-0.05, 0) is 25.1 Å². The van der Waals surface area contributed by atoms with Gasteiger partial charge in [0.25, 0.3) is 5.91 Å². The Balaban J connectivity index is 1.63. The molecule has 0 radical (unpaired) electrons. The van der Waals surface area contributed by atoms with Gasteiger partial charge in [0.05, 0.1) is 18.9 Å². The van der Waals surface area contributed by atoms with Gasteiger partial charge in [0.15, 0.2) is 5.78 Å². The summed E-state index contributed by atoms with van der Waals surface area (Å²) in [6.45, 7) is 6.20. The van der Waals surface area contributed by atoms with Crippen LogP contribution in [0.25, 0.3) is 11.3 Å². The second kappa shape index (κ2) is 8.69. The zero-order valence-electron chi connectivity index (χ0n) is 14.9. The molecule has 0 bridgehead atoms. The molecule has 0 atom stereocenters. The molecule has 1 N–H and O–H groups in total. The number of pyridine rings is 1. The zero-order chi connectivity index (χ0) is 18.4. The number of ether oxygens (including phenoxy) is 1. The van der Waals surface area contributed by atoms with Gasteiger partial charge in [-0.1, -0.05) is 24.3 Å². The van der Waals surface area contributed by atoms with Gasteiger partial charge in [0.1, 0.15) is 5.69 Å². The molecule has 1 fully saturated rings. The maximum Gasteiger partial charge on any atom is 0.269 e. The summed E-state index contributed by atoms with van der Waals surface area (Å²) in [4.78, 5) is 30.6. The number of benzene rings is 1. The number of rotatable bonds is 6. The van der Waals surface area contributed by atoms with Gasteiger partial charge in [-0.25, -0.2) is 4.98 Å². The fourth-order valence-electron chi connectivity index (χ4n) is 2.86. The first-order chi connectivity index (χ1) is 12.6. The third-order valence-corrected chi connectivity index (χ3v) is 4.36. The molecule has 1 aromatic carbocycles. The van der Waals surface area contributed by atoms with Crippen LogP contribution in [-0.4, -0.2) is 61.0 Å². The number of hydrogen-bond acceptors (Lipinski definition) is 5. The molecule has 0 aliphatic carbocycles. The number of ketones is 1. The molecule has 2 aromatic rings. The van der Waals surface area contributed by atoms with Crippen LogP contribution in [-0.2, 0) is 4.74 Å². The van der Waals surface area contributed by atoms with Crippen molar-refractivity contribution < 1.29 is 14.3 Å². The predicted octanol–water partition coefficient (Wildman–Crippen LogP) is 2.01. The molecule has 0 spiro atoms. The molecular formula is C20H23N3O3. The summed E-state index contributed by atoms with van der Waals surface area (Å²) in [7, 11) is 0. The van der Waals surface area contributed by atoms with E-state index in [1.54, 1.807) is 24.3 Å². The zero-order valence-corrected chi connectivity index (χ0v) is 14.9. The molecular weight excluding hydrogens is 330 g/mol. The van der Waals surface area contributed by atoms with Gasteiger partial charge in [-0.3, -0.25) is 14.5 Å². The van der Waals surface area contributed by atoms with E-state index in [1.165, 1.54) is 6.92 Å². The maximum absolute atomic E-state index is 12.4. The van der Waals surface area contributed by atoms with Crippen molar-refractivity contribution in [1.82, 2.24) is 15.2 Å². The minimum absolute atomic E-state index is 0.00357. The molecule has 2 heterocycles. The molecule has 1 aromatic heterocycles. The average Bonchev–Trinajstić information content (AvgIpc) is 2.69. The molecule has 1 aliphatic heterocycles. The predicted molar refractivity (Wildman–Crippen MR) is 99.3 cm³/mol. The van der Waals surface area contributed by atoms with Gasteiger partial charge >= 0.3 is 0 Å². The Morgan fingerprint density at radius 3 is 2.69 bits per heavy atom. The van der Waals surface area contributed by atoms with E-state index in [9.17, 15) is 9.59 Å². The van der Waals surface area contributed by atoms with E-state index < -0.39 is 0 Å². The Morgan fingerprint density at radius 1 is 1.15 bits per heavy atom. The molecule has 1 saturated heterocycles. The Kier molecular flexibility index (Phi) is 6.09. The van der Waals surface area contributed by atoms with Crippen LogP contribution < -0.4 is 5.32 Å². The lowest BCUT2D eigenvalue weighted by atomic mass is 10.1. The number of aromatic nitrogens is 1. The Hall–Kier alpha value is -2.57. The highest BCUT2D eigenvalue weighted by atomic mass is 16.5. The van der Waals surface area contributed by atoms with E-state index in [0.29, 0.717) is 23.5 Å². The van der Waals surface area contributed by atoms with E-state index in [1.807, 2.05) is 18.2 Å². The second-order valence-electron chi connectivity index (χ2n) is 6.25. The topological polar surface area (TPSA) is 71.5 Å². The van der Waals surface area contributed by atoms with Crippen molar-refractivity contribution in [2.24, 2.45) is 0 Å². The van der Waals surface area contributed by atoms with E-state index in [0.717, 1.165) is 38.4 Å². The molecule has 136 valence electrons. The molecule has 6 nitrogen and oxygen atoms in total. The fourth-order valence-corrected chi connectivity index (χ4v) is 2.86. The van der Waals surface area contributed by atoms with Crippen molar-refractivity contribution in [3.63, 3.8) is 0 Å². The molecule has 6 heteroatoms. The highest BCUT2D eigenvalue weighted by molar-refractivity contribution is 5.95. The molecule has 1 amide bonds. The number of Topliss-reactive ketones (excluding diaryl/α,β-unsaturated/α-hetero) is 1. The quantitative estimate of drug-likeness (QED) is 0.805. The normalized spacial score (nSPS) is 14.8. The van der Waals surface area contributed by atoms with Gasteiger partial charge in [0.2, 0.25) is 0 Å². The summed E-state index contributed by atoms with van der Waals surface area (Å²) in [6.07, 6.45) is 0. The lowest BCUT2D eigenvalue weighted by Crippen LogP contribution is -2.41. The minimum Gasteiger partial charge on any atom is -0.379 e. The highest BCUT2D eigenvalue weighted by Crippen LogP contribution is 2.19. The number of amides is 1. The van der Waals surface area contributed by atoms with E-state index in [2.05, 4.69) is 15.2 Å². The number of nitrogens with zero attached hydrogens (tertiary/aromatic N) is 2. The van der Waals surface area contributed by atoms with Gasteiger partial charge in [-0.15, -0.1) is 0 Å². The van der Waals surface area contributed by atoms with E-state index in [4.69, 9.17) is 4.74 Å². The molecule has 26 heavy (non-hydrogen) atoms.